The molecule has 0 spiro atoms. The first kappa shape index (κ1) is 34.9. The number of carbonyl (C=O) groups is 6. The molecule has 8 N–H and O–H groups in total. The summed E-state index contributed by atoms with van der Waals surface area (Å²) in [6.45, 7) is 0.108. The molecule has 0 aliphatic rings. The summed E-state index contributed by atoms with van der Waals surface area (Å²) in [5, 5.41) is 46.3. The first-order chi connectivity index (χ1) is 20.9. The van der Waals surface area contributed by atoms with E-state index in [1.54, 1.807) is 36.4 Å². The van der Waals surface area contributed by atoms with Gasteiger partial charge in [-0.2, -0.15) is 0 Å². The number of alkyl carbamates (subject to hydrolysis) is 1. The first-order valence-corrected chi connectivity index (χ1v) is 13.7. The SMILES string of the molecule is O=C(O)CC[C@H](NC(=O)N[C@@H](CCCCNC(=O)[C@H](Cc1ccc(O)cc1)NC(=O)OCc1ccccc1)C(=O)O)C(=O)O. The van der Waals surface area contributed by atoms with Crippen molar-refractivity contribution in [2.75, 3.05) is 6.54 Å². The quantitative estimate of drug-likeness (QED) is 0.112. The fraction of sp³-hybridized carbons (Fsp3) is 0.379. The molecule has 0 fully saturated rings. The third-order valence-electron chi connectivity index (χ3n) is 6.27. The van der Waals surface area contributed by atoms with Crippen molar-refractivity contribution in [3.63, 3.8) is 0 Å². The molecule has 2 aromatic carbocycles. The highest BCUT2D eigenvalue weighted by molar-refractivity contribution is 5.87. The summed E-state index contributed by atoms with van der Waals surface area (Å²) in [5.41, 5.74) is 1.42. The van der Waals surface area contributed by atoms with E-state index in [0.717, 1.165) is 5.56 Å². The minimum Gasteiger partial charge on any atom is -0.508 e. The third kappa shape index (κ3) is 13.5. The largest absolute Gasteiger partial charge is 0.508 e. The molecule has 0 aliphatic heterocycles. The number of phenolic OH excluding ortho intramolecular Hbond substituents is 1. The topological polar surface area (TPSA) is 241 Å². The lowest BCUT2D eigenvalue weighted by atomic mass is 10.0. The molecule has 0 aliphatic carbocycles. The van der Waals surface area contributed by atoms with Crippen LogP contribution in [0.25, 0.3) is 0 Å². The number of nitrogens with one attached hydrogen (secondary N) is 4. The van der Waals surface area contributed by atoms with Crippen LogP contribution in [-0.4, -0.2) is 81.0 Å². The molecule has 4 amide bonds. The predicted molar refractivity (Wildman–Crippen MR) is 154 cm³/mol. The number of hydrogen-bond acceptors (Lipinski definition) is 8. The second-order valence-corrected chi connectivity index (χ2v) is 9.75. The Morgan fingerprint density at radius 1 is 0.705 bits per heavy atom. The van der Waals surface area contributed by atoms with Gasteiger partial charge in [0.1, 0.15) is 30.5 Å². The number of unbranched alkanes of at least 4 members (excludes halogenated alkanes) is 1. The molecule has 44 heavy (non-hydrogen) atoms. The Balaban J connectivity index is 1.86. The number of carbonyl (C=O) groups excluding carboxylic acids is 3. The van der Waals surface area contributed by atoms with E-state index in [2.05, 4.69) is 21.3 Å². The molecule has 15 nitrogen and oxygen atoms in total. The van der Waals surface area contributed by atoms with Crippen LogP contribution >= 0.6 is 0 Å². The maximum absolute atomic E-state index is 13.0. The Morgan fingerprint density at radius 2 is 1.32 bits per heavy atom. The molecule has 0 saturated carbocycles. The summed E-state index contributed by atoms with van der Waals surface area (Å²) in [7, 11) is 0. The van der Waals surface area contributed by atoms with Crippen molar-refractivity contribution in [2.45, 2.75) is 63.3 Å². The maximum atomic E-state index is 13.0. The number of rotatable bonds is 18. The molecule has 0 bridgehead atoms. The molecule has 2 aromatic rings. The van der Waals surface area contributed by atoms with Gasteiger partial charge >= 0.3 is 30.0 Å². The number of carboxylic acids is 3. The van der Waals surface area contributed by atoms with E-state index >= 15 is 0 Å². The summed E-state index contributed by atoms with van der Waals surface area (Å²) >= 11 is 0. The summed E-state index contributed by atoms with van der Waals surface area (Å²) < 4.78 is 5.23. The zero-order valence-electron chi connectivity index (χ0n) is 23.7. The smallest absolute Gasteiger partial charge is 0.408 e. The van der Waals surface area contributed by atoms with Crippen molar-refractivity contribution < 1.29 is 53.9 Å². The number of ether oxygens (including phenoxy) is 1. The van der Waals surface area contributed by atoms with Crippen molar-refractivity contribution in [2.24, 2.45) is 0 Å². The zero-order chi connectivity index (χ0) is 32.5. The van der Waals surface area contributed by atoms with Gasteiger partial charge in [-0.1, -0.05) is 42.5 Å². The van der Waals surface area contributed by atoms with Crippen LogP contribution in [0.4, 0.5) is 9.59 Å². The van der Waals surface area contributed by atoms with Crippen molar-refractivity contribution in [1.82, 2.24) is 21.3 Å². The van der Waals surface area contributed by atoms with Gasteiger partial charge in [0, 0.05) is 19.4 Å². The average molecular weight is 617 g/mol. The number of aromatic hydroxyl groups is 1. The second kappa shape index (κ2) is 18.3. The van der Waals surface area contributed by atoms with Gasteiger partial charge in [0.25, 0.3) is 0 Å². The van der Waals surface area contributed by atoms with Crippen molar-refractivity contribution in [3.05, 3.63) is 65.7 Å². The van der Waals surface area contributed by atoms with E-state index < -0.39 is 60.5 Å². The van der Waals surface area contributed by atoms with Gasteiger partial charge in [-0.25, -0.2) is 19.2 Å². The van der Waals surface area contributed by atoms with Gasteiger partial charge in [0.2, 0.25) is 5.91 Å². The van der Waals surface area contributed by atoms with Gasteiger partial charge in [-0.3, -0.25) is 9.59 Å². The van der Waals surface area contributed by atoms with Gasteiger partial charge in [0.05, 0.1) is 0 Å². The predicted octanol–water partition coefficient (Wildman–Crippen LogP) is 1.59. The fourth-order valence-corrected chi connectivity index (χ4v) is 3.93. The van der Waals surface area contributed by atoms with Gasteiger partial charge in [0.15, 0.2) is 0 Å². The van der Waals surface area contributed by atoms with Crippen LogP contribution < -0.4 is 21.3 Å². The molecule has 0 heterocycles. The van der Waals surface area contributed by atoms with Crippen molar-refractivity contribution in [3.8, 4) is 5.75 Å². The molecule has 238 valence electrons. The molecule has 2 rings (SSSR count). The van der Waals surface area contributed by atoms with Crippen LogP contribution in [-0.2, 0) is 36.9 Å². The summed E-state index contributed by atoms with van der Waals surface area (Å²) in [6.07, 6.45) is -1.11. The number of aliphatic carboxylic acids is 3. The van der Waals surface area contributed by atoms with Crippen LogP contribution in [0.15, 0.2) is 54.6 Å². The van der Waals surface area contributed by atoms with Crippen molar-refractivity contribution >= 4 is 35.9 Å². The average Bonchev–Trinajstić information content (AvgIpc) is 2.98. The van der Waals surface area contributed by atoms with Crippen LogP contribution in [0.3, 0.4) is 0 Å². The number of hydrogen-bond donors (Lipinski definition) is 8. The molecular formula is C29H36N4O11. The van der Waals surface area contributed by atoms with Gasteiger partial charge in [-0.15, -0.1) is 0 Å². The molecule has 0 aromatic heterocycles. The number of amides is 4. The summed E-state index contributed by atoms with van der Waals surface area (Å²) in [5.74, 6) is -4.57. The second-order valence-electron chi connectivity index (χ2n) is 9.75. The fourth-order valence-electron chi connectivity index (χ4n) is 3.93. The van der Waals surface area contributed by atoms with Crippen molar-refractivity contribution in [1.29, 1.82) is 0 Å². The standard InChI is InChI=1S/C29H36N4O11/c34-20-11-9-18(10-12-20)16-23(33-29(43)44-17-19-6-2-1-3-7-19)25(37)30-15-5-4-8-21(26(38)39)31-28(42)32-22(27(40)41)13-14-24(35)36/h1-3,6-7,9-12,21-23,34H,4-5,8,13-17H2,(H,30,37)(H,33,43)(H,35,36)(H,38,39)(H,40,41)(H2,31,32,42)/t21-,22-,23-/m0/s1. The molecule has 0 radical (unpaired) electrons. The van der Waals surface area contributed by atoms with E-state index in [4.69, 9.17) is 14.9 Å². The molecule has 0 saturated heterocycles. The van der Waals surface area contributed by atoms with Crippen LogP contribution in [0.1, 0.15) is 43.2 Å². The lowest BCUT2D eigenvalue weighted by molar-refractivity contribution is -0.140. The zero-order valence-corrected chi connectivity index (χ0v) is 23.7. The van der Waals surface area contributed by atoms with E-state index in [1.165, 1.54) is 12.1 Å². The van der Waals surface area contributed by atoms with Crippen LogP contribution in [0.2, 0.25) is 0 Å². The highest BCUT2D eigenvalue weighted by atomic mass is 16.5. The van der Waals surface area contributed by atoms with E-state index in [-0.39, 0.29) is 44.6 Å². The maximum Gasteiger partial charge on any atom is 0.408 e. The Kier molecular flexibility index (Phi) is 14.5. The Labute approximate surface area is 252 Å². The lowest BCUT2D eigenvalue weighted by Crippen LogP contribution is -2.51. The Bertz CT molecular complexity index is 1270. The molecule has 0 unspecified atom stereocenters. The number of benzene rings is 2. The van der Waals surface area contributed by atoms with Gasteiger partial charge in [-0.05, 0) is 48.9 Å². The Morgan fingerprint density at radius 3 is 1.91 bits per heavy atom. The minimum atomic E-state index is -1.52. The summed E-state index contributed by atoms with van der Waals surface area (Å²) in [4.78, 5) is 71.1. The van der Waals surface area contributed by atoms with Gasteiger partial charge < -0.3 is 46.4 Å². The van der Waals surface area contributed by atoms with E-state index in [0.29, 0.717) is 12.0 Å². The highest BCUT2D eigenvalue weighted by Gasteiger charge is 2.25. The Hall–Kier alpha value is -5.34. The number of carboxylic acid groups (broad SMARTS) is 3. The molecule has 15 heteroatoms. The molecular weight excluding hydrogens is 580 g/mol. The highest BCUT2D eigenvalue weighted by Crippen LogP contribution is 2.12. The summed E-state index contributed by atoms with van der Waals surface area (Å²) in [6, 6.07) is 10.1. The first-order valence-electron chi connectivity index (χ1n) is 13.7. The number of phenols is 1. The van der Waals surface area contributed by atoms with E-state index in [1.807, 2.05) is 6.07 Å². The third-order valence-corrected chi connectivity index (χ3v) is 6.27. The molecule has 3 atom stereocenters. The minimum absolute atomic E-state index is 0.00365. The monoisotopic (exact) mass is 616 g/mol. The van der Waals surface area contributed by atoms with E-state index in [9.17, 15) is 39.0 Å². The lowest BCUT2D eigenvalue weighted by Gasteiger charge is -2.19. The van der Waals surface area contributed by atoms with Crippen LogP contribution in [0, 0.1) is 0 Å². The number of urea groups is 1. The normalized spacial score (nSPS) is 12.5. The van der Waals surface area contributed by atoms with Crippen LogP contribution in [0.5, 0.6) is 5.75 Å².